The van der Waals surface area contributed by atoms with Gasteiger partial charge in [-0.15, -0.1) is 0 Å². The summed E-state index contributed by atoms with van der Waals surface area (Å²) >= 11 is 0. The number of nitrogens with zero attached hydrogens (tertiary/aromatic N) is 1. The second-order valence-electron chi connectivity index (χ2n) is 6.81. The Morgan fingerprint density at radius 3 is 3.00 bits per heavy atom. The normalized spacial score (nSPS) is 21.5. The highest BCUT2D eigenvalue weighted by Gasteiger charge is 2.26. The first-order chi connectivity index (χ1) is 12.7. The highest BCUT2D eigenvalue weighted by molar-refractivity contribution is 5.96. The van der Waals surface area contributed by atoms with Crippen molar-refractivity contribution in [2.24, 2.45) is 11.7 Å². The van der Waals surface area contributed by atoms with Crippen LogP contribution in [0.15, 0.2) is 36.7 Å². The van der Waals surface area contributed by atoms with E-state index in [9.17, 15) is 4.79 Å². The first-order valence-electron chi connectivity index (χ1n) is 8.94. The number of nitrogens with two attached hydrogens (primary N) is 1. The maximum Gasteiger partial charge on any atom is 0.252 e. The standard InChI is InChI=1S/C20H22N2O4/c21-20(23)16-2-1-3-17-19(16)25-12-18(26-17)15-8-14(9-22-10-15)5-4-13-6-7-24-11-13/h1-3,8-10,13,18H,4-7,11-12H2,(H2,21,23)/t13-,18?/m1/s1. The number of amides is 1. The van der Waals surface area contributed by atoms with Crippen LogP contribution in [0, 0.1) is 5.92 Å². The third-order valence-electron chi connectivity index (χ3n) is 4.95. The van der Waals surface area contributed by atoms with E-state index in [0.29, 0.717) is 29.6 Å². The van der Waals surface area contributed by atoms with E-state index in [1.807, 2.05) is 6.20 Å². The number of primary amides is 1. The Kier molecular flexibility index (Phi) is 4.75. The fraction of sp³-hybridized carbons (Fsp3) is 0.400. The lowest BCUT2D eigenvalue weighted by molar-refractivity contribution is 0.0861. The molecule has 136 valence electrons. The van der Waals surface area contributed by atoms with Gasteiger partial charge in [0, 0.05) is 31.2 Å². The third-order valence-corrected chi connectivity index (χ3v) is 4.95. The summed E-state index contributed by atoms with van der Waals surface area (Å²) in [7, 11) is 0. The van der Waals surface area contributed by atoms with Crippen LogP contribution in [0.4, 0.5) is 0 Å². The molecule has 2 atom stereocenters. The largest absolute Gasteiger partial charge is 0.485 e. The van der Waals surface area contributed by atoms with Crippen LogP contribution in [0.2, 0.25) is 0 Å². The van der Waals surface area contributed by atoms with Crippen molar-refractivity contribution >= 4 is 5.91 Å². The zero-order chi connectivity index (χ0) is 17.9. The van der Waals surface area contributed by atoms with Crippen LogP contribution in [0.3, 0.4) is 0 Å². The molecule has 0 bridgehead atoms. The number of pyridine rings is 1. The number of ether oxygens (including phenoxy) is 3. The van der Waals surface area contributed by atoms with E-state index >= 15 is 0 Å². The molecule has 0 spiro atoms. The van der Waals surface area contributed by atoms with Crippen molar-refractivity contribution in [3.63, 3.8) is 0 Å². The van der Waals surface area contributed by atoms with Crippen LogP contribution in [-0.4, -0.2) is 30.7 Å². The molecule has 0 aliphatic carbocycles. The van der Waals surface area contributed by atoms with Gasteiger partial charge in [0.25, 0.3) is 5.91 Å². The van der Waals surface area contributed by atoms with Gasteiger partial charge in [0.15, 0.2) is 17.6 Å². The van der Waals surface area contributed by atoms with Crippen LogP contribution in [0.5, 0.6) is 11.5 Å². The number of aryl methyl sites for hydroxylation is 1. The number of aromatic nitrogens is 1. The molecule has 2 aliphatic rings. The first kappa shape index (κ1) is 16.8. The van der Waals surface area contributed by atoms with Crippen LogP contribution in [0.25, 0.3) is 0 Å². The van der Waals surface area contributed by atoms with Crippen LogP contribution in [-0.2, 0) is 11.2 Å². The van der Waals surface area contributed by atoms with Gasteiger partial charge in [-0.3, -0.25) is 9.78 Å². The van der Waals surface area contributed by atoms with Gasteiger partial charge in [-0.2, -0.15) is 0 Å². The Labute approximate surface area is 152 Å². The third kappa shape index (κ3) is 3.51. The summed E-state index contributed by atoms with van der Waals surface area (Å²) in [5.74, 6) is 1.07. The molecule has 6 heteroatoms. The van der Waals surface area contributed by atoms with E-state index in [0.717, 1.165) is 38.0 Å². The van der Waals surface area contributed by atoms with Crippen molar-refractivity contribution in [2.75, 3.05) is 19.8 Å². The fourth-order valence-electron chi connectivity index (χ4n) is 3.46. The predicted octanol–water partition coefficient (Wildman–Crippen LogP) is 2.66. The summed E-state index contributed by atoms with van der Waals surface area (Å²) in [6, 6.07) is 7.29. The minimum atomic E-state index is -0.525. The zero-order valence-corrected chi connectivity index (χ0v) is 14.5. The smallest absolute Gasteiger partial charge is 0.252 e. The summed E-state index contributed by atoms with van der Waals surface area (Å²) in [4.78, 5) is 15.9. The van der Waals surface area contributed by atoms with Gasteiger partial charge in [-0.05, 0) is 48.9 Å². The molecule has 1 saturated heterocycles. The average Bonchev–Trinajstić information content (AvgIpc) is 3.19. The second-order valence-corrected chi connectivity index (χ2v) is 6.81. The number of benzene rings is 1. The number of para-hydroxylation sites is 1. The van der Waals surface area contributed by atoms with Crippen molar-refractivity contribution < 1.29 is 19.0 Å². The van der Waals surface area contributed by atoms with Gasteiger partial charge in [0.1, 0.15) is 6.61 Å². The molecule has 4 rings (SSSR count). The molecule has 1 aromatic carbocycles. The molecule has 1 aromatic heterocycles. The first-order valence-corrected chi connectivity index (χ1v) is 8.94. The summed E-state index contributed by atoms with van der Waals surface area (Å²) in [5, 5.41) is 0. The molecule has 2 aliphatic heterocycles. The summed E-state index contributed by atoms with van der Waals surface area (Å²) in [6.07, 6.45) is 6.68. The lowest BCUT2D eigenvalue weighted by Crippen LogP contribution is -2.24. The van der Waals surface area contributed by atoms with Crippen molar-refractivity contribution in [1.82, 2.24) is 4.98 Å². The lowest BCUT2D eigenvalue weighted by atomic mass is 9.98. The minimum Gasteiger partial charge on any atom is -0.485 e. The van der Waals surface area contributed by atoms with E-state index in [1.54, 1.807) is 24.4 Å². The highest BCUT2D eigenvalue weighted by atomic mass is 16.6. The molecule has 2 aromatic rings. The van der Waals surface area contributed by atoms with Gasteiger partial charge in [-0.1, -0.05) is 6.07 Å². The summed E-state index contributed by atoms with van der Waals surface area (Å²) < 4.78 is 17.3. The Bertz CT molecular complexity index is 802. The van der Waals surface area contributed by atoms with Crippen LogP contribution in [0.1, 0.15) is 40.4 Å². The maximum atomic E-state index is 11.5. The average molecular weight is 354 g/mol. The molecule has 1 amide bonds. The van der Waals surface area contributed by atoms with E-state index in [2.05, 4.69) is 11.1 Å². The number of rotatable bonds is 5. The molecule has 0 saturated carbocycles. The molecule has 3 heterocycles. The number of hydrogen-bond donors (Lipinski definition) is 1. The summed E-state index contributed by atoms with van der Waals surface area (Å²) in [6.45, 7) is 2.06. The van der Waals surface area contributed by atoms with Gasteiger partial charge < -0.3 is 19.9 Å². The topological polar surface area (TPSA) is 83.7 Å². The summed E-state index contributed by atoms with van der Waals surface area (Å²) in [5.41, 5.74) is 7.90. The van der Waals surface area contributed by atoms with E-state index in [4.69, 9.17) is 19.9 Å². The quantitative estimate of drug-likeness (QED) is 0.892. The maximum absolute atomic E-state index is 11.5. The van der Waals surface area contributed by atoms with Crippen LogP contribution >= 0.6 is 0 Å². The number of hydrogen-bond acceptors (Lipinski definition) is 5. The van der Waals surface area contributed by atoms with Gasteiger partial charge in [-0.25, -0.2) is 0 Å². The molecule has 2 N–H and O–H groups in total. The van der Waals surface area contributed by atoms with E-state index < -0.39 is 5.91 Å². The Balaban J connectivity index is 1.47. The highest BCUT2D eigenvalue weighted by Crippen LogP contribution is 2.38. The van der Waals surface area contributed by atoms with Crippen LogP contribution < -0.4 is 15.2 Å². The minimum absolute atomic E-state index is 0.257. The molecule has 6 nitrogen and oxygen atoms in total. The molecule has 0 radical (unpaired) electrons. The predicted molar refractivity (Wildman–Crippen MR) is 95.3 cm³/mol. The monoisotopic (exact) mass is 354 g/mol. The van der Waals surface area contributed by atoms with E-state index in [1.165, 1.54) is 5.56 Å². The number of fused-ring (bicyclic) bond motifs is 1. The number of carbonyl (C=O) groups excluding carboxylic acids is 1. The molecular weight excluding hydrogens is 332 g/mol. The Morgan fingerprint density at radius 1 is 1.27 bits per heavy atom. The molecule has 1 unspecified atom stereocenters. The molecular formula is C20H22N2O4. The van der Waals surface area contributed by atoms with Crippen molar-refractivity contribution in [3.05, 3.63) is 53.3 Å². The lowest BCUT2D eigenvalue weighted by Gasteiger charge is -2.27. The second kappa shape index (κ2) is 7.33. The van der Waals surface area contributed by atoms with Gasteiger partial charge in [0.05, 0.1) is 5.56 Å². The number of carbonyl (C=O) groups is 1. The van der Waals surface area contributed by atoms with Gasteiger partial charge in [0.2, 0.25) is 0 Å². The van der Waals surface area contributed by atoms with Crippen molar-refractivity contribution in [3.8, 4) is 11.5 Å². The van der Waals surface area contributed by atoms with Gasteiger partial charge >= 0.3 is 0 Å². The van der Waals surface area contributed by atoms with Crippen molar-refractivity contribution in [1.29, 1.82) is 0 Å². The molecule has 1 fully saturated rings. The SMILES string of the molecule is NC(=O)c1cccc2c1OCC(c1cncc(CC[C@@H]3CCOC3)c1)O2. The Morgan fingerprint density at radius 2 is 2.19 bits per heavy atom. The fourth-order valence-corrected chi connectivity index (χ4v) is 3.46. The zero-order valence-electron chi connectivity index (χ0n) is 14.5. The Hall–Kier alpha value is -2.60. The van der Waals surface area contributed by atoms with E-state index in [-0.39, 0.29) is 6.10 Å². The molecule has 26 heavy (non-hydrogen) atoms. The van der Waals surface area contributed by atoms with Crippen molar-refractivity contribution in [2.45, 2.75) is 25.4 Å².